The molecule has 1 amide bonds. The molecule has 1 saturated heterocycles. The standard InChI is InChI=1S/C13H17N3O3S/c1-9-8-15(5-6-20-9)13(17)10-3-4-12(16(18)19)11(7-10)14-2/h3-4,7,9,14H,5-6,8H2,1-2H3. The third-order valence-corrected chi connectivity index (χ3v) is 4.37. The molecule has 2 rings (SSSR count). The summed E-state index contributed by atoms with van der Waals surface area (Å²) in [5.41, 5.74) is 0.825. The Balaban J connectivity index is 2.24. The summed E-state index contributed by atoms with van der Waals surface area (Å²) in [4.78, 5) is 24.6. The molecule has 1 unspecified atom stereocenters. The van der Waals surface area contributed by atoms with Gasteiger partial charge in [0.2, 0.25) is 0 Å². The summed E-state index contributed by atoms with van der Waals surface area (Å²) in [7, 11) is 1.61. The molecule has 1 aromatic rings. The van der Waals surface area contributed by atoms with Gasteiger partial charge in [0.05, 0.1) is 4.92 Å². The molecule has 0 radical (unpaired) electrons. The first-order valence-electron chi connectivity index (χ1n) is 6.40. The number of anilines is 1. The number of thioether (sulfide) groups is 1. The highest BCUT2D eigenvalue weighted by molar-refractivity contribution is 7.99. The van der Waals surface area contributed by atoms with Crippen LogP contribution in [-0.4, -0.2) is 46.9 Å². The van der Waals surface area contributed by atoms with Crippen LogP contribution in [0.5, 0.6) is 0 Å². The molecule has 0 aromatic heterocycles. The van der Waals surface area contributed by atoms with Crippen LogP contribution in [0.2, 0.25) is 0 Å². The normalized spacial score (nSPS) is 18.7. The minimum Gasteiger partial charge on any atom is -0.383 e. The zero-order valence-electron chi connectivity index (χ0n) is 11.5. The van der Waals surface area contributed by atoms with E-state index in [2.05, 4.69) is 12.2 Å². The smallest absolute Gasteiger partial charge is 0.292 e. The Morgan fingerprint density at radius 3 is 2.90 bits per heavy atom. The van der Waals surface area contributed by atoms with Gasteiger partial charge in [0.25, 0.3) is 11.6 Å². The summed E-state index contributed by atoms with van der Waals surface area (Å²) in [5.74, 6) is 0.863. The molecule has 1 aromatic carbocycles. The second-order valence-electron chi connectivity index (χ2n) is 4.67. The Bertz CT molecular complexity index is 536. The van der Waals surface area contributed by atoms with E-state index in [1.54, 1.807) is 13.1 Å². The summed E-state index contributed by atoms with van der Waals surface area (Å²) in [6, 6.07) is 4.45. The number of nitrogens with one attached hydrogen (secondary N) is 1. The van der Waals surface area contributed by atoms with Gasteiger partial charge in [-0.05, 0) is 12.1 Å². The number of benzene rings is 1. The first-order valence-corrected chi connectivity index (χ1v) is 7.45. The lowest BCUT2D eigenvalue weighted by molar-refractivity contribution is -0.383. The fraction of sp³-hybridized carbons (Fsp3) is 0.462. The van der Waals surface area contributed by atoms with Crippen molar-refractivity contribution in [1.29, 1.82) is 0 Å². The minimum absolute atomic E-state index is 0.0217. The second kappa shape index (κ2) is 6.13. The van der Waals surface area contributed by atoms with E-state index >= 15 is 0 Å². The number of nitrogens with zero attached hydrogens (tertiary/aromatic N) is 2. The van der Waals surface area contributed by atoms with Crippen molar-refractivity contribution in [1.82, 2.24) is 4.90 Å². The lowest BCUT2D eigenvalue weighted by atomic mass is 10.1. The SMILES string of the molecule is CNc1cc(C(=O)N2CCSC(C)C2)ccc1[N+](=O)[O-]. The number of rotatable bonds is 3. The summed E-state index contributed by atoms with van der Waals surface area (Å²) in [5, 5.41) is 14.1. The van der Waals surface area contributed by atoms with Crippen molar-refractivity contribution in [2.75, 3.05) is 31.2 Å². The number of amides is 1. The van der Waals surface area contributed by atoms with Gasteiger partial charge in [-0.15, -0.1) is 0 Å². The van der Waals surface area contributed by atoms with Gasteiger partial charge in [0.15, 0.2) is 0 Å². The number of hydrogen-bond acceptors (Lipinski definition) is 5. The Labute approximate surface area is 121 Å². The van der Waals surface area contributed by atoms with Crippen molar-refractivity contribution in [2.45, 2.75) is 12.2 Å². The predicted molar refractivity (Wildman–Crippen MR) is 80.5 cm³/mol. The summed E-state index contributed by atoms with van der Waals surface area (Å²) in [6.45, 7) is 3.54. The van der Waals surface area contributed by atoms with E-state index in [4.69, 9.17) is 0 Å². The Morgan fingerprint density at radius 1 is 1.55 bits per heavy atom. The van der Waals surface area contributed by atoms with Crippen LogP contribution in [0.4, 0.5) is 11.4 Å². The summed E-state index contributed by atoms with van der Waals surface area (Å²) in [6.07, 6.45) is 0. The molecule has 1 aliphatic rings. The molecular formula is C13H17N3O3S. The minimum atomic E-state index is -0.459. The zero-order valence-corrected chi connectivity index (χ0v) is 12.3. The molecule has 0 saturated carbocycles. The quantitative estimate of drug-likeness (QED) is 0.683. The highest BCUT2D eigenvalue weighted by atomic mass is 32.2. The van der Waals surface area contributed by atoms with Crippen LogP contribution < -0.4 is 5.32 Å². The second-order valence-corrected chi connectivity index (χ2v) is 6.22. The third-order valence-electron chi connectivity index (χ3n) is 3.24. The molecule has 1 atom stereocenters. The Morgan fingerprint density at radius 2 is 2.30 bits per heavy atom. The van der Waals surface area contributed by atoms with Crippen LogP contribution in [0.25, 0.3) is 0 Å². The molecular weight excluding hydrogens is 278 g/mol. The van der Waals surface area contributed by atoms with Crippen molar-refractivity contribution in [3.8, 4) is 0 Å². The fourth-order valence-corrected chi connectivity index (χ4v) is 3.23. The lowest BCUT2D eigenvalue weighted by Gasteiger charge is -2.30. The van der Waals surface area contributed by atoms with Gasteiger partial charge in [-0.2, -0.15) is 11.8 Å². The number of carbonyl (C=O) groups is 1. The van der Waals surface area contributed by atoms with E-state index in [1.807, 2.05) is 16.7 Å². The first-order chi connectivity index (χ1) is 9.52. The Kier molecular flexibility index (Phi) is 4.49. The summed E-state index contributed by atoms with van der Waals surface area (Å²) < 4.78 is 0. The van der Waals surface area contributed by atoms with Crippen LogP contribution in [0.15, 0.2) is 18.2 Å². The molecule has 108 valence electrons. The van der Waals surface area contributed by atoms with E-state index in [9.17, 15) is 14.9 Å². The maximum Gasteiger partial charge on any atom is 0.292 e. The van der Waals surface area contributed by atoms with Gasteiger partial charge in [0.1, 0.15) is 5.69 Å². The van der Waals surface area contributed by atoms with Crippen LogP contribution >= 0.6 is 11.8 Å². The van der Waals surface area contributed by atoms with Crippen LogP contribution in [0.1, 0.15) is 17.3 Å². The van der Waals surface area contributed by atoms with Crippen LogP contribution in [0, 0.1) is 10.1 Å². The first kappa shape index (κ1) is 14.6. The fourth-order valence-electron chi connectivity index (χ4n) is 2.21. The maximum atomic E-state index is 12.4. The summed E-state index contributed by atoms with van der Waals surface area (Å²) >= 11 is 1.85. The third kappa shape index (κ3) is 3.04. The molecule has 7 heteroatoms. The van der Waals surface area contributed by atoms with Crippen molar-refractivity contribution >= 4 is 29.0 Å². The van der Waals surface area contributed by atoms with Gasteiger partial charge < -0.3 is 10.2 Å². The topological polar surface area (TPSA) is 75.5 Å². The van der Waals surface area contributed by atoms with E-state index in [0.717, 1.165) is 18.8 Å². The molecule has 1 heterocycles. The predicted octanol–water partition coefficient (Wildman–Crippen LogP) is 2.21. The molecule has 0 aliphatic carbocycles. The van der Waals surface area contributed by atoms with Crippen molar-refractivity contribution < 1.29 is 9.72 Å². The average molecular weight is 295 g/mol. The van der Waals surface area contributed by atoms with Crippen molar-refractivity contribution in [3.63, 3.8) is 0 Å². The largest absolute Gasteiger partial charge is 0.383 e. The van der Waals surface area contributed by atoms with E-state index < -0.39 is 4.92 Å². The highest BCUT2D eigenvalue weighted by Gasteiger charge is 2.24. The van der Waals surface area contributed by atoms with Gasteiger partial charge in [-0.25, -0.2) is 0 Å². The van der Waals surface area contributed by atoms with Crippen molar-refractivity contribution in [2.24, 2.45) is 0 Å². The number of nitro benzene ring substituents is 1. The molecule has 1 N–H and O–H groups in total. The highest BCUT2D eigenvalue weighted by Crippen LogP contribution is 2.26. The Hall–Kier alpha value is -1.76. The number of carbonyl (C=O) groups excluding carboxylic acids is 1. The average Bonchev–Trinajstić information content (AvgIpc) is 2.45. The molecule has 6 nitrogen and oxygen atoms in total. The number of nitro groups is 1. The lowest BCUT2D eigenvalue weighted by Crippen LogP contribution is -2.41. The number of hydrogen-bond donors (Lipinski definition) is 1. The maximum absolute atomic E-state index is 12.4. The zero-order chi connectivity index (χ0) is 14.7. The van der Waals surface area contributed by atoms with E-state index in [0.29, 0.717) is 16.5 Å². The van der Waals surface area contributed by atoms with Crippen LogP contribution in [0.3, 0.4) is 0 Å². The van der Waals surface area contributed by atoms with Gasteiger partial charge in [-0.3, -0.25) is 14.9 Å². The monoisotopic (exact) mass is 295 g/mol. The molecule has 1 fully saturated rings. The molecule has 1 aliphatic heterocycles. The van der Waals surface area contributed by atoms with E-state index in [1.165, 1.54) is 12.1 Å². The van der Waals surface area contributed by atoms with Gasteiger partial charge >= 0.3 is 0 Å². The van der Waals surface area contributed by atoms with Gasteiger partial charge in [-0.1, -0.05) is 6.92 Å². The molecule has 20 heavy (non-hydrogen) atoms. The molecule has 0 spiro atoms. The van der Waals surface area contributed by atoms with E-state index in [-0.39, 0.29) is 11.6 Å². The van der Waals surface area contributed by atoms with Crippen LogP contribution in [-0.2, 0) is 0 Å². The van der Waals surface area contributed by atoms with Crippen molar-refractivity contribution in [3.05, 3.63) is 33.9 Å². The van der Waals surface area contributed by atoms with Gasteiger partial charge in [0, 0.05) is 42.8 Å². The molecule has 0 bridgehead atoms.